The first-order valence-electron chi connectivity index (χ1n) is 6.04. The zero-order chi connectivity index (χ0) is 14.3. The molecule has 1 atom stereocenters. The van der Waals surface area contributed by atoms with Crippen LogP contribution in [0.1, 0.15) is 6.92 Å². The molecule has 1 aromatic rings. The van der Waals surface area contributed by atoms with Crippen LogP contribution in [0, 0.1) is 17.6 Å². The molecule has 0 spiro atoms. The number of amides is 1. The van der Waals surface area contributed by atoms with Crippen LogP contribution in [0.15, 0.2) is 18.2 Å². The summed E-state index contributed by atoms with van der Waals surface area (Å²) in [5, 5.41) is 5.60. The molecule has 1 rings (SSSR count). The summed E-state index contributed by atoms with van der Waals surface area (Å²) in [6.07, 6.45) is 0. The monoisotopic (exact) mass is 272 g/mol. The van der Waals surface area contributed by atoms with Crippen molar-refractivity contribution in [2.45, 2.75) is 6.92 Å². The Bertz CT molecular complexity index is 427. The molecule has 2 N–H and O–H groups in total. The fraction of sp³-hybridized carbons (Fsp3) is 0.462. The van der Waals surface area contributed by atoms with E-state index < -0.39 is 11.6 Å². The van der Waals surface area contributed by atoms with E-state index in [1.165, 1.54) is 6.07 Å². The molecule has 1 amide bonds. The highest BCUT2D eigenvalue weighted by molar-refractivity contribution is 5.78. The minimum atomic E-state index is -0.954. The van der Waals surface area contributed by atoms with E-state index in [0.717, 1.165) is 12.1 Å². The third-order valence-electron chi connectivity index (χ3n) is 2.52. The van der Waals surface area contributed by atoms with Crippen LogP contribution in [0.4, 0.5) is 8.78 Å². The van der Waals surface area contributed by atoms with Gasteiger partial charge < -0.3 is 15.4 Å². The molecule has 0 aliphatic rings. The second-order valence-electron chi connectivity index (χ2n) is 4.17. The molecule has 1 unspecified atom stereocenters. The van der Waals surface area contributed by atoms with Gasteiger partial charge in [-0.1, -0.05) is 6.92 Å². The van der Waals surface area contributed by atoms with Crippen molar-refractivity contribution < 1.29 is 18.3 Å². The predicted molar refractivity (Wildman–Crippen MR) is 68.0 cm³/mol. The van der Waals surface area contributed by atoms with Crippen molar-refractivity contribution in [2.24, 2.45) is 5.92 Å². The number of rotatable bonds is 7. The Morgan fingerprint density at radius 1 is 1.37 bits per heavy atom. The van der Waals surface area contributed by atoms with Crippen LogP contribution in [0.5, 0.6) is 5.75 Å². The molecule has 0 heterocycles. The van der Waals surface area contributed by atoms with E-state index in [1.54, 1.807) is 7.05 Å². The van der Waals surface area contributed by atoms with Crippen molar-refractivity contribution in [3.05, 3.63) is 29.8 Å². The highest BCUT2D eigenvalue weighted by atomic mass is 19.2. The van der Waals surface area contributed by atoms with Crippen molar-refractivity contribution in [1.29, 1.82) is 0 Å². The number of halogens is 2. The highest BCUT2D eigenvalue weighted by Gasteiger charge is 2.10. The Morgan fingerprint density at radius 3 is 2.74 bits per heavy atom. The molecule has 0 aliphatic carbocycles. The van der Waals surface area contributed by atoms with Crippen LogP contribution in [0.25, 0.3) is 0 Å². The number of carbonyl (C=O) groups excluding carboxylic acids is 1. The summed E-state index contributed by atoms with van der Waals surface area (Å²) in [5.74, 6) is -1.85. The molecule has 1 aromatic carbocycles. The number of carbonyl (C=O) groups is 1. The van der Waals surface area contributed by atoms with E-state index in [0.29, 0.717) is 13.1 Å². The summed E-state index contributed by atoms with van der Waals surface area (Å²) < 4.78 is 30.7. The molecule has 0 aromatic heterocycles. The number of ether oxygens (including phenoxy) is 1. The molecule has 4 nitrogen and oxygen atoms in total. The number of benzene rings is 1. The van der Waals surface area contributed by atoms with E-state index in [1.807, 2.05) is 6.92 Å². The minimum absolute atomic E-state index is 0.0803. The maximum absolute atomic E-state index is 12.9. The summed E-state index contributed by atoms with van der Waals surface area (Å²) >= 11 is 0. The lowest BCUT2D eigenvalue weighted by Gasteiger charge is -2.12. The van der Waals surface area contributed by atoms with Crippen LogP contribution in [-0.4, -0.2) is 32.7 Å². The van der Waals surface area contributed by atoms with Crippen molar-refractivity contribution >= 4 is 5.91 Å². The van der Waals surface area contributed by atoms with Crippen molar-refractivity contribution in [1.82, 2.24) is 10.6 Å². The van der Waals surface area contributed by atoms with Gasteiger partial charge in [-0.05, 0) is 19.2 Å². The summed E-state index contributed by atoms with van der Waals surface area (Å²) in [5.41, 5.74) is 0. The van der Waals surface area contributed by atoms with Crippen LogP contribution < -0.4 is 15.4 Å². The number of nitrogens with one attached hydrogen (secondary N) is 2. The van der Waals surface area contributed by atoms with Gasteiger partial charge in [0.1, 0.15) is 12.4 Å². The fourth-order valence-corrected chi connectivity index (χ4v) is 1.48. The molecular weight excluding hydrogens is 254 g/mol. The third-order valence-corrected chi connectivity index (χ3v) is 2.52. The van der Waals surface area contributed by atoms with Crippen molar-refractivity contribution in [3.63, 3.8) is 0 Å². The first-order chi connectivity index (χ1) is 9.04. The van der Waals surface area contributed by atoms with Gasteiger partial charge in [0.15, 0.2) is 11.6 Å². The highest BCUT2D eigenvalue weighted by Crippen LogP contribution is 2.14. The fourth-order valence-electron chi connectivity index (χ4n) is 1.48. The van der Waals surface area contributed by atoms with E-state index in [9.17, 15) is 13.6 Å². The first-order valence-corrected chi connectivity index (χ1v) is 6.04. The van der Waals surface area contributed by atoms with E-state index in [-0.39, 0.29) is 24.2 Å². The largest absolute Gasteiger partial charge is 0.492 e. The Balaban J connectivity index is 2.27. The topological polar surface area (TPSA) is 50.4 Å². The van der Waals surface area contributed by atoms with Gasteiger partial charge in [0.2, 0.25) is 5.91 Å². The standard InChI is InChI=1S/C13H18F2N2O2/c1-9(8-16-2)13(18)17-5-6-19-10-3-4-11(14)12(15)7-10/h3-4,7,9,16H,5-6,8H2,1-2H3,(H,17,18). The summed E-state index contributed by atoms with van der Waals surface area (Å²) in [6, 6.07) is 3.31. The smallest absolute Gasteiger partial charge is 0.224 e. The lowest BCUT2D eigenvalue weighted by molar-refractivity contribution is -0.124. The first kappa shape index (κ1) is 15.4. The number of hydrogen-bond acceptors (Lipinski definition) is 3. The Labute approximate surface area is 111 Å². The van der Waals surface area contributed by atoms with Gasteiger partial charge in [-0.15, -0.1) is 0 Å². The molecule has 106 valence electrons. The van der Waals surface area contributed by atoms with Crippen LogP contribution in [0.3, 0.4) is 0 Å². The zero-order valence-corrected chi connectivity index (χ0v) is 11.0. The Morgan fingerprint density at radius 2 is 2.11 bits per heavy atom. The van der Waals surface area contributed by atoms with Crippen molar-refractivity contribution in [2.75, 3.05) is 26.7 Å². The van der Waals surface area contributed by atoms with Gasteiger partial charge in [0.05, 0.1) is 6.54 Å². The lowest BCUT2D eigenvalue weighted by atomic mass is 10.1. The average Bonchev–Trinajstić information content (AvgIpc) is 2.38. The van der Waals surface area contributed by atoms with Crippen LogP contribution >= 0.6 is 0 Å². The molecule has 0 radical (unpaired) electrons. The molecule has 0 bridgehead atoms. The maximum Gasteiger partial charge on any atom is 0.224 e. The van der Waals surface area contributed by atoms with E-state index >= 15 is 0 Å². The van der Waals surface area contributed by atoms with Gasteiger partial charge in [-0.25, -0.2) is 8.78 Å². The zero-order valence-electron chi connectivity index (χ0n) is 11.0. The van der Waals surface area contributed by atoms with Gasteiger partial charge in [-0.2, -0.15) is 0 Å². The molecule has 6 heteroatoms. The Kier molecular flexibility index (Phi) is 6.21. The van der Waals surface area contributed by atoms with E-state index in [2.05, 4.69) is 10.6 Å². The number of hydrogen-bond donors (Lipinski definition) is 2. The SMILES string of the molecule is CNCC(C)C(=O)NCCOc1ccc(F)c(F)c1. The van der Waals surface area contributed by atoms with Gasteiger partial charge in [-0.3, -0.25) is 4.79 Å². The molecule has 19 heavy (non-hydrogen) atoms. The van der Waals surface area contributed by atoms with Gasteiger partial charge in [0, 0.05) is 18.5 Å². The van der Waals surface area contributed by atoms with Crippen molar-refractivity contribution in [3.8, 4) is 5.75 Å². The summed E-state index contributed by atoms with van der Waals surface area (Å²) in [6.45, 7) is 2.91. The molecule has 0 aliphatic heterocycles. The van der Waals surface area contributed by atoms with Gasteiger partial charge in [0.25, 0.3) is 0 Å². The molecule has 0 saturated carbocycles. The van der Waals surface area contributed by atoms with Crippen LogP contribution in [0.2, 0.25) is 0 Å². The molecule has 0 saturated heterocycles. The second kappa shape index (κ2) is 7.68. The normalized spacial score (nSPS) is 12.0. The molecular formula is C13H18F2N2O2. The third kappa shape index (κ3) is 5.21. The average molecular weight is 272 g/mol. The predicted octanol–water partition coefficient (Wildman–Crippen LogP) is 1.32. The van der Waals surface area contributed by atoms with Gasteiger partial charge >= 0.3 is 0 Å². The maximum atomic E-state index is 12.9. The quantitative estimate of drug-likeness (QED) is 0.736. The summed E-state index contributed by atoms with van der Waals surface area (Å²) in [4.78, 5) is 11.5. The summed E-state index contributed by atoms with van der Waals surface area (Å²) in [7, 11) is 1.77. The second-order valence-corrected chi connectivity index (χ2v) is 4.17. The Hall–Kier alpha value is -1.69. The minimum Gasteiger partial charge on any atom is -0.492 e. The lowest BCUT2D eigenvalue weighted by Crippen LogP contribution is -2.36. The van der Waals surface area contributed by atoms with Crippen LogP contribution in [-0.2, 0) is 4.79 Å². The van der Waals surface area contributed by atoms with E-state index in [4.69, 9.17) is 4.74 Å². The molecule has 0 fully saturated rings.